The van der Waals surface area contributed by atoms with Gasteiger partial charge in [-0.05, 0) is 32.4 Å². The van der Waals surface area contributed by atoms with Gasteiger partial charge in [0.15, 0.2) is 0 Å². The van der Waals surface area contributed by atoms with Crippen LogP contribution >= 0.6 is 16.1 Å². The average Bonchev–Trinajstić information content (AvgIpc) is 2.29. The molecule has 0 aliphatic rings. The van der Waals surface area contributed by atoms with E-state index in [4.69, 9.17) is 4.84 Å². The van der Waals surface area contributed by atoms with E-state index in [0.29, 0.717) is 5.56 Å². The van der Waals surface area contributed by atoms with Crippen molar-refractivity contribution in [1.82, 2.24) is 4.34 Å². The molecule has 0 heterocycles. The van der Waals surface area contributed by atoms with Crippen LogP contribution in [0.4, 0.5) is 0 Å². The van der Waals surface area contributed by atoms with Crippen LogP contribution in [-0.4, -0.2) is 11.6 Å². The highest BCUT2D eigenvalue weighted by Gasteiger charge is 2.12. The van der Waals surface area contributed by atoms with Gasteiger partial charge in [0.2, 0.25) is 0 Å². The molecule has 1 N–H and O–H groups in total. The minimum absolute atomic E-state index is 0.190. The summed E-state index contributed by atoms with van der Waals surface area (Å²) in [6.07, 6.45) is 0. The Balaban J connectivity index is 2.96. The molecule has 1 aromatic rings. The zero-order valence-electron chi connectivity index (χ0n) is 10.1. The first kappa shape index (κ1) is 13.7. The number of benzene rings is 1. The second-order valence-electron chi connectivity index (χ2n) is 3.84. The Morgan fingerprint density at radius 3 is 2.76 bits per heavy atom. The first-order chi connectivity index (χ1) is 8.06. The summed E-state index contributed by atoms with van der Waals surface area (Å²) >= 11 is 2.93. The largest absolute Gasteiger partial charge is 0.391 e. The van der Waals surface area contributed by atoms with E-state index in [1.54, 1.807) is 6.07 Å². The van der Waals surface area contributed by atoms with E-state index < -0.39 is 0 Å². The van der Waals surface area contributed by atoms with Crippen molar-refractivity contribution in [1.29, 1.82) is 0 Å². The normalized spacial score (nSPS) is 9.65. The third-order valence-corrected chi connectivity index (χ3v) is 2.56. The van der Waals surface area contributed by atoms with Crippen molar-refractivity contribution < 1.29 is 9.63 Å². The molecule has 0 bridgehead atoms. The van der Waals surface area contributed by atoms with E-state index in [-0.39, 0.29) is 12.5 Å². The van der Waals surface area contributed by atoms with Gasteiger partial charge in [0, 0.05) is 27.3 Å². The van der Waals surface area contributed by atoms with Crippen molar-refractivity contribution in [2.24, 2.45) is 5.16 Å². The lowest BCUT2D eigenvalue weighted by atomic mass is 10.0. The number of oxime groups is 1. The average molecular weight is 299 g/mol. The quantitative estimate of drug-likeness (QED) is 0.528. The Bertz CT molecular complexity index is 440. The molecule has 5 heteroatoms. The smallest absolute Gasteiger partial charge is 0.261 e. The summed E-state index contributed by atoms with van der Waals surface area (Å²) in [4.78, 5) is 16.8. The first-order valence-corrected chi connectivity index (χ1v) is 5.98. The fraction of sp³-hybridized carbons (Fsp3) is 0.333. The number of nitrogens with one attached hydrogen (secondary N) is 1. The molecule has 0 aliphatic heterocycles. The second-order valence-corrected chi connectivity index (χ2v) is 4.23. The Hall–Kier alpha value is -1.36. The number of halogens is 1. The van der Waals surface area contributed by atoms with Crippen LogP contribution in [0.1, 0.15) is 35.3 Å². The number of nitrogens with zero attached hydrogens (tertiary/aromatic N) is 1. The SMILES string of the molecule is CC(C)=NOCc1c(C)cccc1C(=O)NBr. The predicted octanol–water partition coefficient (Wildman–Crippen LogP) is 2.95. The Labute approximate surface area is 109 Å². The number of rotatable bonds is 4. The van der Waals surface area contributed by atoms with E-state index >= 15 is 0 Å². The van der Waals surface area contributed by atoms with E-state index in [0.717, 1.165) is 16.8 Å². The number of carbonyl (C=O) groups is 1. The summed E-state index contributed by atoms with van der Waals surface area (Å²) in [5.41, 5.74) is 3.27. The van der Waals surface area contributed by atoms with Crippen LogP contribution in [0.3, 0.4) is 0 Å². The fourth-order valence-electron chi connectivity index (χ4n) is 1.38. The van der Waals surface area contributed by atoms with Crippen molar-refractivity contribution >= 4 is 27.8 Å². The topological polar surface area (TPSA) is 50.7 Å². The Morgan fingerprint density at radius 2 is 2.18 bits per heavy atom. The maximum Gasteiger partial charge on any atom is 0.261 e. The van der Waals surface area contributed by atoms with Gasteiger partial charge in [-0.1, -0.05) is 17.3 Å². The Morgan fingerprint density at radius 1 is 1.47 bits per heavy atom. The van der Waals surface area contributed by atoms with Gasteiger partial charge < -0.3 is 4.84 Å². The number of carbonyl (C=O) groups excluding carboxylic acids is 1. The number of amides is 1. The molecular formula is C12H15BrN2O2. The second kappa shape index (κ2) is 6.39. The lowest BCUT2D eigenvalue weighted by Crippen LogP contribution is -2.15. The van der Waals surface area contributed by atoms with Crippen molar-refractivity contribution in [2.75, 3.05) is 0 Å². The van der Waals surface area contributed by atoms with Crippen LogP contribution in [0.15, 0.2) is 23.4 Å². The summed E-state index contributed by atoms with van der Waals surface area (Å²) in [6, 6.07) is 5.53. The first-order valence-electron chi connectivity index (χ1n) is 5.19. The van der Waals surface area contributed by atoms with Gasteiger partial charge in [-0.15, -0.1) is 0 Å². The number of aryl methyl sites for hydroxylation is 1. The standard InChI is InChI=1S/C12H15BrN2O2/c1-8(2)15-17-7-11-9(3)5-4-6-10(11)12(16)14-13/h4-6H,7H2,1-3H3,(H,14,16). The molecule has 4 nitrogen and oxygen atoms in total. The van der Waals surface area contributed by atoms with Crippen molar-refractivity contribution in [3.63, 3.8) is 0 Å². The highest BCUT2D eigenvalue weighted by Crippen LogP contribution is 2.16. The number of hydrogen-bond acceptors (Lipinski definition) is 3. The van der Waals surface area contributed by atoms with Gasteiger partial charge in [-0.2, -0.15) is 0 Å². The van der Waals surface area contributed by atoms with Gasteiger partial charge in [0.05, 0.1) is 5.71 Å². The summed E-state index contributed by atoms with van der Waals surface area (Å²) in [7, 11) is 0. The van der Waals surface area contributed by atoms with Gasteiger partial charge in [0.25, 0.3) is 5.91 Å². The molecule has 17 heavy (non-hydrogen) atoms. The molecule has 0 spiro atoms. The lowest BCUT2D eigenvalue weighted by Gasteiger charge is -2.10. The minimum atomic E-state index is -0.190. The minimum Gasteiger partial charge on any atom is -0.391 e. The van der Waals surface area contributed by atoms with E-state index in [1.807, 2.05) is 32.9 Å². The lowest BCUT2D eigenvalue weighted by molar-refractivity contribution is 0.0974. The highest BCUT2D eigenvalue weighted by molar-refractivity contribution is 9.08. The maximum absolute atomic E-state index is 11.6. The van der Waals surface area contributed by atoms with Crippen LogP contribution in [-0.2, 0) is 11.4 Å². The summed E-state index contributed by atoms with van der Waals surface area (Å²) in [5.74, 6) is -0.190. The van der Waals surface area contributed by atoms with Crippen molar-refractivity contribution in [3.8, 4) is 0 Å². The summed E-state index contributed by atoms with van der Waals surface area (Å²) in [6.45, 7) is 5.92. The van der Waals surface area contributed by atoms with Crippen molar-refractivity contribution in [3.05, 3.63) is 34.9 Å². The fourth-order valence-corrected chi connectivity index (χ4v) is 1.60. The van der Waals surface area contributed by atoms with Crippen LogP contribution < -0.4 is 4.34 Å². The molecular weight excluding hydrogens is 284 g/mol. The molecule has 0 radical (unpaired) electrons. The molecule has 0 fully saturated rings. The van der Waals surface area contributed by atoms with Crippen LogP contribution in [0.5, 0.6) is 0 Å². The molecule has 1 aromatic carbocycles. The van der Waals surface area contributed by atoms with Crippen LogP contribution in [0.2, 0.25) is 0 Å². The van der Waals surface area contributed by atoms with E-state index in [9.17, 15) is 4.79 Å². The van der Waals surface area contributed by atoms with Crippen LogP contribution in [0.25, 0.3) is 0 Å². The third-order valence-electron chi connectivity index (χ3n) is 2.20. The van der Waals surface area contributed by atoms with Gasteiger partial charge >= 0.3 is 0 Å². The zero-order valence-corrected chi connectivity index (χ0v) is 11.7. The van der Waals surface area contributed by atoms with Gasteiger partial charge in [-0.25, -0.2) is 0 Å². The zero-order chi connectivity index (χ0) is 12.8. The molecule has 0 saturated carbocycles. The molecule has 1 rings (SSSR count). The predicted molar refractivity (Wildman–Crippen MR) is 71.1 cm³/mol. The highest BCUT2D eigenvalue weighted by atomic mass is 79.9. The third kappa shape index (κ3) is 3.85. The monoisotopic (exact) mass is 298 g/mol. The summed E-state index contributed by atoms with van der Waals surface area (Å²) < 4.78 is 2.43. The molecule has 0 saturated heterocycles. The Kier molecular flexibility index (Phi) is 5.15. The molecule has 0 aromatic heterocycles. The van der Waals surface area contributed by atoms with E-state index in [1.165, 1.54) is 0 Å². The molecule has 0 unspecified atom stereocenters. The summed E-state index contributed by atoms with van der Waals surface area (Å²) in [5, 5.41) is 3.86. The van der Waals surface area contributed by atoms with Gasteiger partial charge in [0.1, 0.15) is 6.61 Å². The van der Waals surface area contributed by atoms with Crippen molar-refractivity contribution in [2.45, 2.75) is 27.4 Å². The molecule has 0 aliphatic carbocycles. The number of hydrogen-bond donors (Lipinski definition) is 1. The molecule has 0 atom stereocenters. The van der Waals surface area contributed by atoms with E-state index in [2.05, 4.69) is 25.6 Å². The van der Waals surface area contributed by atoms with Crippen LogP contribution in [0, 0.1) is 6.92 Å². The molecule has 1 amide bonds. The molecule has 92 valence electrons. The maximum atomic E-state index is 11.6. The van der Waals surface area contributed by atoms with Gasteiger partial charge in [-0.3, -0.25) is 9.14 Å².